The number of carbonyl (C=O) groups is 1. The third-order valence-corrected chi connectivity index (χ3v) is 2.82. The molecule has 1 amide bonds. The zero-order valence-corrected chi connectivity index (χ0v) is 9.86. The highest BCUT2D eigenvalue weighted by atomic mass is 16.2. The molecule has 1 aromatic heterocycles. The highest BCUT2D eigenvalue weighted by Gasteiger charge is 2.18. The highest BCUT2D eigenvalue weighted by Crippen LogP contribution is 2.05. The topological polar surface area (TPSA) is 69.1 Å². The van der Waals surface area contributed by atoms with E-state index in [4.69, 9.17) is 5.41 Å². The highest BCUT2D eigenvalue weighted by molar-refractivity contribution is 5.97. The van der Waals surface area contributed by atoms with Crippen LogP contribution in [0.3, 0.4) is 0 Å². The van der Waals surface area contributed by atoms with Crippen LogP contribution in [0.5, 0.6) is 0 Å². The third kappa shape index (κ3) is 2.68. The predicted molar refractivity (Wildman–Crippen MR) is 65.5 cm³/mol. The molecule has 2 heterocycles. The van der Waals surface area contributed by atoms with Crippen LogP contribution in [0.15, 0.2) is 18.3 Å². The number of amides is 1. The van der Waals surface area contributed by atoms with Gasteiger partial charge < -0.3 is 15.6 Å². The van der Waals surface area contributed by atoms with E-state index in [0.717, 1.165) is 31.7 Å². The Hall–Kier alpha value is -1.75. The van der Waals surface area contributed by atoms with Crippen molar-refractivity contribution in [2.24, 2.45) is 0 Å². The number of aromatic nitrogens is 1. The molecule has 5 nitrogen and oxygen atoms in total. The van der Waals surface area contributed by atoms with Crippen molar-refractivity contribution in [2.75, 3.05) is 26.2 Å². The summed E-state index contributed by atoms with van der Waals surface area (Å²) >= 11 is 0. The van der Waals surface area contributed by atoms with Gasteiger partial charge in [0, 0.05) is 43.7 Å². The Morgan fingerprint density at radius 3 is 2.65 bits per heavy atom. The predicted octanol–water partition coefficient (Wildman–Crippen LogP) is 0.515. The monoisotopic (exact) mass is 232 g/mol. The van der Waals surface area contributed by atoms with Gasteiger partial charge in [-0.25, -0.2) is 0 Å². The zero-order valence-electron chi connectivity index (χ0n) is 9.86. The summed E-state index contributed by atoms with van der Waals surface area (Å²) in [5, 5.41) is 10.7. The van der Waals surface area contributed by atoms with Gasteiger partial charge in [0.15, 0.2) is 0 Å². The van der Waals surface area contributed by atoms with Crippen LogP contribution < -0.4 is 5.32 Å². The number of nitrogens with one attached hydrogen (secondary N) is 2. The number of hydrogen-bond donors (Lipinski definition) is 2. The van der Waals surface area contributed by atoms with E-state index in [2.05, 4.69) is 10.3 Å². The number of pyridine rings is 1. The first kappa shape index (κ1) is 11.7. The molecule has 1 saturated heterocycles. The molecule has 0 saturated carbocycles. The second-order valence-corrected chi connectivity index (χ2v) is 4.10. The van der Waals surface area contributed by atoms with Crippen LogP contribution in [0, 0.1) is 5.41 Å². The van der Waals surface area contributed by atoms with Crippen molar-refractivity contribution in [1.29, 1.82) is 5.41 Å². The van der Waals surface area contributed by atoms with Gasteiger partial charge in [-0.3, -0.25) is 9.78 Å². The fraction of sp³-hybridized carbons (Fsp3) is 0.417. The summed E-state index contributed by atoms with van der Waals surface area (Å²) in [7, 11) is 0. The molecule has 2 rings (SSSR count). The molecule has 5 heteroatoms. The van der Waals surface area contributed by atoms with Crippen molar-refractivity contribution in [3.63, 3.8) is 0 Å². The molecule has 0 spiro atoms. The van der Waals surface area contributed by atoms with E-state index in [1.807, 2.05) is 0 Å². The molecule has 0 aliphatic carbocycles. The van der Waals surface area contributed by atoms with Crippen LogP contribution in [-0.2, 0) is 0 Å². The minimum atomic E-state index is -0.0271. The van der Waals surface area contributed by atoms with E-state index >= 15 is 0 Å². The van der Waals surface area contributed by atoms with E-state index in [-0.39, 0.29) is 5.91 Å². The first-order chi connectivity index (χ1) is 8.18. The average Bonchev–Trinajstić information content (AvgIpc) is 2.39. The quantitative estimate of drug-likeness (QED) is 0.730. The molecule has 0 aromatic carbocycles. The fourth-order valence-corrected chi connectivity index (χ4v) is 1.77. The Bertz CT molecular complexity index is 421. The smallest absolute Gasteiger partial charge is 0.272 e. The molecule has 0 bridgehead atoms. The molecule has 2 N–H and O–H groups in total. The molecule has 0 atom stereocenters. The van der Waals surface area contributed by atoms with Crippen molar-refractivity contribution in [2.45, 2.75) is 6.92 Å². The normalized spacial score (nSPS) is 15.7. The molecule has 17 heavy (non-hydrogen) atoms. The van der Waals surface area contributed by atoms with Gasteiger partial charge in [-0.2, -0.15) is 0 Å². The van der Waals surface area contributed by atoms with Gasteiger partial charge in [-0.1, -0.05) is 0 Å². The van der Waals surface area contributed by atoms with Gasteiger partial charge >= 0.3 is 0 Å². The molecule has 90 valence electrons. The second-order valence-electron chi connectivity index (χ2n) is 4.10. The lowest BCUT2D eigenvalue weighted by molar-refractivity contribution is 0.0730. The maximum absolute atomic E-state index is 12.1. The van der Waals surface area contributed by atoms with Crippen LogP contribution in [-0.4, -0.2) is 47.7 Å². The number of rotatable bonds is 2. The number of hydrogen-bond acceptors (Lipinski definition) is 4. The Morgan fingerprint density at radius 2 is 2.12 bits per heavy atom. The van der Waals surface area contributed by atoms with Crippen LogP contribution in [0.1, 0.15) is 23.0 Å². The van der Waals surface area contributed by atoms with Gasteiger partial charge in [-0.15, -0.1) is 0 Å². The molecular weight excluding hydrogens is 216 g/mol. The minimum absolute atomic E-state index is 0.0271. The number of nitrogens with zero attached hydrogens (tertiary/aromatic N) is 2. The van der Waals surface area contributed by atoms with Crippen molar-refractivity contribution in [1.82, 2.24) is 15.2 Å². The molecule has 0 unspecified atom stereocenters. The molecule has 0 radical (unpaired) electrons. The van der Waals surface area contributed by atoms with E-state index < -0.39 is 0 Å². The molecule has 1 aliphatic rings. The number of carbonyl (C=O) groups excluding carboxylic acids is 1. The first-order valence-corrected chi connectivity index (χ1v) is 5.70. The lowest BCUT2D eigenvalue weighted by Gasteiger charge is -2.27. The van der Waals surface area contributed by atoms with Gasteiger partial charge in [0.1, 0.15) is 5.69 Å². The molecule has 1 fully saturated rings. The van der Waals surface area contributed by atoms with Crippen LogP contribution in [0.25, 0.3) is 0 Å². The summed E-state index contributed by atoms with van der Waals surface area (Å²) in [5.74, 6) is -0.0271. The maximum atomic E-state index is 12.1. The standard InChI is InChI=1S/C12H16N4O/c1-9(13)10-2-3-11(15-8-10)12(17)16-6-4-14-5-7-16/h2-3,8,13-14H,4-7H2,1H3. The van der Waals surface area contributed by atoms with Crippen molar-refractivity contribution in [3.8, 4) is 0 Å². The summed E-state index contributed by atoms with van der Waals surface area (Å²) < 4.78 is 0. The summed E-state index contributed by atoms with van der Waals surface area (Å²) in [5.41, 5.74) is 1.66. The molecule has 1 aromatic rings. The van der Waals surface area contributed by atoms with Crippen LogP contribution in [0.2, 0.25) is 0 Å². The maximum Gasteiger partial charge on any atom is 0.272 e. The Balaban J connectivity index is 2.10. The summed E-state index contributed by atoms with van der Waals surface area (Å²) in [6, 6.07) is 3.46. The Morgan fingerprint density at radius 1 is 1.41 bits per heavy atom. The van der Waals surface area contributed by atoms with Gasteiger partial charge in [0.25, 0.3) is 5.91 Å². The lowest BCUT2D eigenvalue weighted by Crippen LogP contribution is -2.46. The fourth-order valence-electron chi connectivity index (χ4n) is 1.77. The zero-order chi connectivity index (χ0) is 12.3. The second kappa shape index (κ2) is 5.05. The lowest BCUT2D eigenvalue weighted by atomic mass is 10.2. The van der Waals surface area contributed by atoms with E-state index in [0.29, 0.717) is 11.4 Å². The van der Waals surface area contributed by atoms with Gasteiger partial charge in [0.2, 0.25) is 0 Å². The average molecular weight is 232 g/mol. The third-order valence-electron chi connectivity index (χ3n) is 2.82. The van der Waals surface area contributed by atoms with E-state index in [1.165, 1.54) is 0 Å². The first-order valence-electron chi connectivity index (χ1n) is 5.70. The number of piperazine rings is 1. The minimum Gasteiger partial charge on any atom is -0.335 e. The Kier molecular flexibility index (Phi) is 3.49. The summed E-state index contributed by atoms with van der Waals surface area (Å²) in [4.78, 5) is 18.0. The van der Waals surface area contributed by atoms with Crippen molar-refractivity contribution in [3.05, 3.63) is 29.6 Å². The van der Waals surface area contributed by atoms with Gasteiger partial charge in [-0.05, 0) is 19.1 Å². The van der Waals surface area contributed by atoms with Crippen LogP contribution in [0.4, 0.5) is 0 Å². The van der Waals surface area contributed by atoms with Crippen molar-refractivity contribution < 1.29 is 4.79 Å². The summed E-state index contributed by atoms with van der Waals surface area (Å²) in [6.45, 7) is 4.83. The van der Waals surface area contributed by atoms with E-state index in [9.17, 15) is 4.79 Å². The van der Waals surface area contributed by atoms with E-state index in [1.54, 1.807) is 30.2 Å². The molecule has 1 aliphatic heterocycles. The van der Waals surface area contributed by atoms with Crippen molar-refractivity contribution >= 4 is 11.6 Å². The largest absolute Gasteiger partial charge is 0.335 e. The summed E-state index contributed by atoms with van der Waals surface area (Å²) in [6.07, 6.45) is 1.58. The van der Waals surface area contributed by atoms with Crippen LogP contribution >= 0.6 is 0 Å². The Labute approximate surface area is 100 Å². The molecular formula is C12H16N4O. The SMILES string of the molecule is CC(=N)c1ccc(C(=O)N2CCNCC2)nc1. The van der Waals surface area contributed by atoms with Gasteiger partial charge in [0.05, 0.1) is 0 Å².